The maximum Gasteiger partial charge on any atom is 0.265 e. The fraction of sp³-hybridized carbons (Fsp3) is 0.231. The smallest absolute Gasteiger partial charge is 0.265 e. The number of anilines is 1. The quantitative estimate of drug-likeness (QED) is 0.462. The molecule has 0 saturated heterocycles. The van der Waals surface area contributed by atoms with E-state index >= 15 is 0 Å². The second-order valence-corrected chi connectivity index (χ2v) is 7.22. The highest BCUT2D eigenvalue weighted by Gasteiger charge is 2.19. The Morgan fingerprint density at radius 1 is 0.906 bits per heavy atom. The van der Waals surface area contributed by atoms with Crippen molar-refractivity contribution in [3.05, 3.63) is 84.4 Å². The zero-order valence-electron chi connectivity index (χ0n) is 18.3. The Bertz CT molecular complexity index is 1020. The molecule has 6 heteroatoms. The van der Waals surface area contributed by atoms with Gasteiger partial charge in [-0.15, -0.1) is 0 Å². The Hall–Kier alpha value is -3.64. The van der Waals surface area contributed by atoms with Gasteiger partial charge in [-0.05, 0) is 47.9 Å². The van der Waals surface area contributed by atoms with E-state index in [4.69, 9.17) is 9.47 Å². The van der Waals surface area contributed by atoms with E-state index < -0.39 is 6.10 Å². The molecule has 166 valence electrons. The van der Waals surface area contributed by atoms with Crippen LogP contribution in [0.15, 0.2) is 78.9 Å². The van der Waals surface area contributed by atoms with Crippen molar-refractivity contribution >= 4 is 17.5 Å². The van der Waals surface area contributed by atoms with E-state index in [9.17, 15) is 9.59 Å². The average molecular weight is 433 g/mol. The van der Waals surface area contributed by atoms with Gasteiger partial charge in [-0.3, -0.25) is 9.59 Å². The van der Waals surface area contributed by atoms with Crippen molar-refractivity contribution in [1.82, 2.24) is 5.32 Å². The van der Waals surface area contributed by atoms with Crippen molar-refractivity contribution < 1.29 is 19.1 Å². The number of nitrogens with one attached hydrogen (secondary N) is 2. The highest BCUT2D eigenvalue weighted by atomic mass is 16.5. The van der Waals surface area contributed by atoms with Gasteiger partial charge in [0.2, 0.25) is 0 Å². The molecular formula is C26H28N2O4. The molecule has 0 fully saturated rings. The Kier molecular flexibility index (Phi) is 8.40. The maximum atomic E-state index is 12.8. The van der Waals surface area contributed by atoms with Crippen LogP contribution in [0.4, 0.5) is 5.69 Å². The van der Waals surface area contributed by atoms with Gasteiger partial charge >= 0.3 is 0 Å². The van der Waals surface area contributed by atoms with Gasteiger partial charge in [0.05, 0.1) is 6.61 Å². The molecular weight excluding hydrogens is 404 g/mol. The van der Waals surface area contributed by atoms with Crippen LogP contribution in [-0.2, 0) is 9.53 Å². The van der Waals surface area contributed by atoms with Gasteiger partial charge in [0.15, 0.2) is 6.10 Å². The minimum atomic E-state index is -0.656. The van der Waals surface area contributed by atoms with Crippen molar-refractivity contribution in [3.63, 3.8) is 0 Å². The fourth-order valence-corrected chi connectivity index (χ4v) is 3.17. The van der Waals surface area contributed by atoms with Crippen LogP contribution < -0.4 is 15.4 Å². The third-order valence-electron chi connectivity index (χ3n) is 4.89. The number of hydrogen-bond acceptors (Lipinski definition) is 4. The Balaban J connectivity index is 1.61. The molecule has 32 heavy (non-hydrogen) atoms. The minimum absolute atomic E-state index is 0.222. The van der Waals surface area contributed by atoms with Crippen LogP contribution in [-0.4, -0.2) is 38.2 Å². The van der Waals surface area contributed by atoms with E-state index in [1.165, 1.54) is 0 Å². The molecule has 2 amide bonds. The lowest BCUT2D eigenvalue weighted by molar-refractivity contribution is -0.122. The third kappa shape index (κ3) is 6.43. The Labute approximate surface area is 188 Å². The molecule has 2 N–H and O–H groups in total. The molecule has 0 bridgehead atoms. The second kappa shape index (κ2) is 11.7. The first-order valence-corrected chi connectivity index (χ1v) is 10.6. The van der Waals surface area contributed by atoms with E-state index in [0.29, 0.717) is 36.6 Å². The first-order chi connectivity index (χ1) is 15.6. The SMILES string of the molecule is CCC(Oc1ccc(-c2ccccc2)cc1)C(=O)Nc1cccc(C(=O)NCCOC)c1. The summed E-state index contributed by atoms with van der Waals surface area (Å²) in [5, 5.41) is 5.61. The molecule has 0 aliphatic carbocycles. The summed E-state index contributed by atoms with van der Waals surface area (Å²) in [6.45, 7) is 2.74. The normalized spacial score (nSPS) is 11.4. The molecule has 3 rings (SSSR count). The van der Waals surface area contributed by atoms with Gasteiger partial charge in [-0.2, -0.15) is 0 Å². The topological polar surface area (TPSA) is 76.7 Å². The largest absolute Gasteiger partial charge is 0.481 e. The number of hydrogen-bond donors (Lipinski definition) is 2. The molecule has 1 atom stereocenters. The van der Waals surface area contributed by atoms with Crippen molar-refractivity contribution in [3.8, 4) is 16.9 Å². The Morgan fingerprint density at radius 2 is 1.62 bits per heavy atom. The fourth-order valence-electron chi connectivity index (χ4n) is 3.17. The summed E-state index contributed by atoms with van der Waals surface area (Å²) in [7, 11) is 1.58. The number of benzene rings is 3. The number of ether oxygens (including phenoxy) is 2. The summed E-state index contributed by atoms with van der Waals surface area (Å²) in [6, 6.07) is 24.5. The number of carbonyl (C=O) groups is 2. The van der Waals surface area contributed by atoms with Crippen LogP contribution in [0.3, 0.4) is 0 Å². The molecule has 0 heterocycles. The first-order valence-electron chi connectivity index (χ1n) is 10.6. The first kappa shape index (κ1) is 23.0. The molecule has 0 spiro atoms. The highest BCUT2D eigenvalue weighted by molar-refractivity contribution is 5.98. The number of amides is 2. The maximum absolute atomic E-state index is 12.8. The van der Waals surface area contributed by atoms with Gasteiger partial charge in [-0.1, -0.05) is 55.5 Å². The molecule has 6 nitrogen and oxygen atoms in total. The molecule has 0 radical (unpaired) electrons. The zero-order chi connectivity index (χ0) is 22.8. The van der Waals surface area contributed by atoms with Crippen LogP contribution in [0.1, 0.15) is 23.7 Å². The van der Waals surface area contributed by atoms with Gasteiger partial charge in [-0.25, -0.2) is 0 Å². The molecule has 0 aromatic heterocycles. The van der Waals surface area contributed by atoms with Crippen LogP contribution >= 0.6 is 0 Å². The Morgan fingerprint density at radius 3 is 2.31 bits per heavy atom. The van der Waals surface area contributed by atoms with E-state index in [-0.39, 0.29) is 11.8 Å². The second-order valence-electron chi connectivity index (χ2n) is 7.22. The predicted octanol–water partition coefficient (Wildman–Crippen LogP) is 4.53. The van der Waals surface area contributed by atoms with E-state index in [2.05, 4.69) is 10.6 Å². The lowest BCUT2D eigenvalue weighted by Gasteiger charge is -2.18. The third-order valence-corrected chi connectivity index (χ3v) is 4.89. The number of methoxy groups -OCH3 is 1. The molecule has 0 aliphatic heterocycles. The molecule has 0 saturated carbocycles. The average Bonchev–Trinajstić information content (AvgIpc) is 2.83. The summed E-state index contributed by atoms with van der Waals surface area (Å²) in [5.74, 6) is 0.134. The summed E-state index contributed by atoms with van der Waals surface area (Å²) >= 11 is 0. The van der Waals surface area contributed by atoms with Crippen LogP contribution in [0.5, 0.6) is 5.75 Å². The summed E-state index contributed by atoms with van der Waals surface area (Å²) in [4.78, 5) is 25.0. The predicted molar refractivity (Wildman–Crippen MR) is 126 cm³/mol. The molecule has 3 aromatic carbocycles. The van der Waals surface area contributed by atoms with E-state index in [1.54, 1.807) is 31.4 Å². The lowest BCUT2D eigenvalue weighted by atomic mass is 10.1. The van der Waals surface area contributed by atoms with Gasteiger partial charge in [0, 0.05) is 24.9 Å². The van der Waals surface area contributed by atoms with Crippen molar-refractivity contribution in [2.24, 2.45) is 0 Å². The van der Waals surface area contributed by atoms with Crippen LogP contribution in [0.2, 0.25) is 0 Å². The van der Waals surface area contributed by atoms with Crippen molar-refractivity contribution in [2.45, 2.75) is 19.4 Å². The summed E-state index contributed by atoms with van der Waals surface area (Å²) in [5.41, 5.74) is 3.20. The van der Waals surface area contributed by atoms with E-state index in [1.807, 2.05) is 61.5 Å². The molecule has 1 unspecified atom stereocenters. The molecule has 3 aromatic rings. The highest BCUT2D eigenvalue weighted by Crippen LogP contribution is 2.23. The summed E-state index contributed by atoms with van der Waals surface area (Å²) < 4.78 is 10.9. The minimum Gasteiger partial charge on any atom is -0.481 e. The van der Waals surface area contributed by atoms with Gasteiger partial charge in [0.25, 0.3) is 11.8 Å². The summed E-state index contributed by atoms with van der Waals surface area (Å²) in [6.07, 6.45) is -0.152. The van der Waals surface area contributed by atoms with Crippen LogP contribution in [0.25, 0.3) is 11.1 Å². The van der Waals surface area contributed by atoms with Crippen LogP contribution in [0, 0.1) is 0 Å². The van der Waals surface area contributed by atoms with E-state index in [0.717, 1.165) is 11.1 Å². The van der Waals surface area contributed by atoms with Gasteiger partial charge in [0.1, 0.15) is 5.75 Å². The van der Waals surface area contributed by atoms with Crippen molar-refractivity contribution in [2.75, 3.05) is 25.6 Å². The lowest BCUT2D eigenvalue weighted by Crippen LogP contribution is -2.32. The molecule has 0 aliphatic rings. The monoisotopic (exact) mass is 432 g/mol. The number of rotatable bonds is 10. The van der Waals surface area contributed by atoms with Crippen molar-refractivity contribution in [1.29, 1.82) is 0 Å². The number of carbonyl (C=O) groups excluding carboxylic acids is 2. The zero-order valence-corrected chi connectivity index (χ0v) is 18.3. The van der Waals surface area contributed by atoms with Gasteiger partial charge < -0.3 is 20.1 Å². The standard InChI is InChI=1S/C26H28N2O4/c1-3-24(32-23-14-12-20(13-15-23)19-8-5-4-6-9-19)26(30)28-22-11-7-10-21(18-22)25(29)27-16-17-31-2/h4-15,18,24H,3,16-17H2,1-2H3,(H,27,29)(H,28,30).